The van der Waals surface area contributed by atoms with Crippen LogP contribution in [0.5, 0.6) is 5.75 Å². The van der Waals surface area contributed by atoms with Gasteiger partial charge in [-0.25, -0.2) is 0 Å². The molecule has 1 saturated heterocycles. The monoisotopic (exact) mass is 292 g/mol. The van der Waals surface area contributed by atoms with Crippen molar-refractivity contribution < 1.29 is 19.4 Å². The molecule has 0 aliphatic carbocycles. The Kier molecular flexibility index (Phi) is 5.16. The van der Waals surface area contributed by atoms with E-state index in [1.807, 2.05) is 6.92 Å². The summed E-state index contributed by atoms with van der Waals surface area (Å²) in [6, 6.07) is 4.87. The Labute approximate surface area is 123 Å². The van der Waals surface area contributed by atoms with Crippen molar-refractivity contribution in [3.63, 3.8) is 0 Å². The Morgan fingerprint density at radius 1 is 1.33 bits per heavy atom. The molecule has 1 aromatic carbocycles. The summed E-state index contributed by atoms with van der Waals surface area (Å²) in [6.07, 6.45) is 0.248. The van der Waals surface area contributed by atoms with Gasteiger partial charge in [-0.05, 0) is 24.6 Å². The average Bonchev–Trinajstić information content (AvgIpc) is 2.47. The zero-order valence-corrected chi connectivity index (χ0v) is 12.1. The second kappa shape index (κ2) is 7.08. The molecule has 6 heteroatoms. The number of rotatable bonds is 4. The second-order valence-electron chi connectivity index (χ2n) is 5.02. The zero-order valence-electron chi connectivity index (χ0n) is 12.1. The van der Waals surface area contributed by atoms with Gasteiger partial charge in [0.05, 0.1) is 18.8 Å². The summed E-state index contributed by atoms with van der Waals surface area (Å²) >= 11 is 0. The first kappa shape index (κ1) is 15.3. The van der Waals surface area contributed by atoms with Crippen molar-refractivity contribution >= 4 is 11.8 Å². The van der Waals surface area contributed by atoms with Crippen molar-refractivity contribution in [3.05, 3.63) is 29.3 Å². The van der Waals surface area contributed by atoms with Crippen LogP contribution in [-0.4, -0.2) is 54.7 Å². The maximum absolute atomic E-state index is 11.9. The Morgan fingerprint density at radius 3 is 2.71 bits per heavy atom. The van der Waals surface area contributed by atoms with Gasteiger partial charge in [0.25, 0.3) is 5.91 Å². The van der Waals surface area contributed by atoms with Crippen molar-refractivity contribution in [1.82, 2.24) is 10.2 Å². The summed E-state index contributed by atoms with van der Waals surface area (Å²) in [5, 5.41) is 12.4. The Bertz CT molecular complexity index is 524. The number of aryl methyl sites for hydroxylation is 1. The smallest absolute Gasteiger partial charge is 0.255 e. The van der Waals surface area contributed by atoms with Crippen molar-refractivity contribution in [1.29, 1.82) is 0 Å². The fourth-order valence-electron chi connectivity index (χ4n) is 2.18. The highest BCUT2D eigenvalue weighted by atomic mass is 16.5. The number of phenolic OH excluding ortho intramolecular Hbond substituents is 1. The molecule has 0 radical (unpaired) electrons. The lowest BCUT2D eigenvalue weighted by Gasteiger charge is -2.26. The molecule has 0 aromatic heterocycles. The summed E-state index contributed by atoms with van der Waals surface area (Å²) in [7, 11) is 0. The van der Waals surface area contributed by atoms with Crippen molar-refractivity contribution in [2.45, 2.75) is 13.3 Å². The summed E-state index contributed by atoms with van der Waals surface area (Å²) < 4.78 is 5.18. The van der Waals surface area contributed by atoms with Gasteiger partial charge in [0, 0.05) is 26.1 Å². The van der Waals surface area contributed by atoms with Gasteiger partial charge in [0.15, 0.2) is 0 Å². The number of hydrogen-bond donors (Lipinski definition) is 2. The van der Waals surface area contributed by atoms with Crippen LogP contribution in [0.4, 0.5) is 0 Å². The van der Waals surface area contributed by atoms with Crippen LogP contribution in [0.3, 0.4) is 0 Å². The van der Waals surface area contributed by atoms with Crippen LogP contribution in [0.15, 0.2) is 18.2 Å². The van der Waals surface area contributed by atoms with Gasteiger partial charge < -0.3 is 20.1 Å². The maximum atomic E-state index is 11.9. The summed E-state index contributed by atoms with van der Waals surface area (Å²) in [6.45, 7) is 4.42. The number of carbonyl (C=O) groups excluding carboxylic acids is 2. The van der Waals surface area contributed by atoms with Crippen LogP contribution in [-0.2, 0) is 9.53 Å². The molecule has 0 unspecified atom stereocenters. The first-order valence-corrected chi connectivity index (χ1v) is 7.01. The largest absolute Gasteiger partial charge is 0.507 e. The van der Waals surface area contributed by atoms with Crippen LogP contribution < -0.4 is 5.32 Å². The summed E-state index contributed by atoms with van der Waals surface area (Å²) in [5.74, 6) is -0.416. The van der Waals surface area contributed by atoms with Crippen LogP contribution in [0, 0.1) is 6.92 Å². The van der Waals surface area contributed by atoms with E-state index < -0.39 is 0 Å². The highest BCUT2D eigenvalue weighted by Gasteiger charge is 2.17. The molecule has 2 rings (SSSR count). The highest BCUT2D eigenvalue weighted by molar-refractivity contribution is 5.97. The van der Waals surface area contributed by atoms with Crippen molar-refractivity contribution in [2.75, 3.05) is 32.8 Å². The summed E-state index contributed by atoms with van der Waals surface area (Å²) in [4.78, 5) is 25.6. The highest BCUT2D eigenvalue weighted by Crippen LogP contribution is 2.18. The van der Waals surface area contributed by atoms with Gasteiger partial charge in [-0.3, -0.25) is 9.59 Å². The lowest BCUT2D eigenvalue weighted by atomic mass is 10.1. The molecule has 2 N–H and O–H groups in total. The molecular formula is C15H20N2O4. The van der Waals surface area contributed by atoms with Crippen LogP contribution in [0.2, 0.25) is 0 Å². The van der Waals surface area contributed by atoms with E-state index in [0.29, 0.717) is 26.3 Å². The average molecular weight is 292 g/mol. The van der Waals surface area contributed by atoms with E-state index in [1.165, 1.54) is 6.07 Å². The van der Waals surface area contributed by atoms with Crippen molar-refractivity contribution in [2.24, 2.45) is 0 Å². The number of amides is 2. The van der Waals surface area contributed by atoms with E-state index in [2.05, 4.69) is 5.32 Å². The number of carbonyl (C=O) groups is 2. The first-order chi connectivity index (χ1) is 10.1. The quantitative estimate of drug-likeness (QED) is 0.855. The third-order valence-electron chi connectivity index (χ3n) is 3.39. The number of benzene rings is 1. The Morgan fingerprint density at radius 2 is 2.05 bits per heavy atom. The molecule has 2 amide bonds. The minimum Gasteiger partial charge on any atom is -0.507 e. The number of phenols is 1. The molecule has 1 aliphatic rings. The van der Waals surface area contributed by atoms with Crippen LogP contribution in [0.25, 0.3) is 0 Å². The molecule has 0 spiro atoms. The fraction of sp³-hybridized carbons (Fsp3) is 0.467. The standard InChI is InChI=1S/C15H20N2O4/c1-11-2-3-12(13(18)10-11)15(20)16-5-4-14(19)17-6-8-21-9-7-17/h2-3,10,18H,4-9H2,1H3,(H,16,20). The number of nitrogens with zero attached hydrogens (tertiary/aromatic N) is 1. The third-order valence-corrected chi connectivity index (χ3v) is 3.39. The van der Waals surface area contributed by atoms with E-state index in [1.54, 1.807) is 17.0 Å². The second-order valence-corrected chi connectivity index (χ2v) is 5.02. The molecule has 1 heterocycles. The molecule has 21 heavy (non-hydrogen) atoms. The number of nitrogens with one attached hydrogen (secondary N) is 1. The molecule has 0 bridgehead atoms. The zero-order chi connectivity index (χ0) is 15.2. The summed E-state index contributed by atoms with van der Waals surface area (Å²) in [5.41, 5.74) is 1.10. The van der Waals surface area contributed by atoms with Crippen molar-refractivity contribution in [3.8, 4) is 5.75 Å². The molecular weight excluding hydrogens is 272 g/mol. The minimum absolute atomic E-state index is 0.00623. The maximum Gasteiger partial charge on any atom is 0.255 e. The predicted octanol–water partition coefficient (Wildman–Crippen LogP) is 0.679. The molecule has 114 valence electrons. The number of hydrogen-bond acceptors (Lipinski definition) is 4. The van der Waals surface area contributed by atoms with E-state index in [4.69, 9.17) is 4.74 Å². The Balaban J connectivity index is 1.79. The van der Waals surface area contributed by atoms with E-state index in [0.717, 1.165) is 5.56 Å². The van der Waals surface area contributed by atoms with Crippen LogP contribution >= 0.6 is 0 Å². The van der Waals surface area contributed by atoms with Gasteiger partial charge in [0.2, 0.25) is 5.91 Å². The number of morpholine rings is 1. The van der Waals surface area contributed by atoms with E-state index in [-0.39, 0.29) is 36.1 Å². The Hall–Kier alpha value is -2.08. The lowest BCUT2D eigenvalue weighted by Crippen LogP contribution is -2.42. The van der Waals surface area contributed by atoms with E-state index in [9.17, 15) is 14.7 Å². The molecule has 1 aromatic rings. The SMILES string of the molecule is Cc1ccc(C(=O)NCCC(=O)N2CCOCC2)c(O)c1. The minimum atomic E-state index is -0.373. The fourth-order valence-corrected chi connectivity index (χ4v) is 2.18. The molecule has 0 saturated carbocycles. The molecule has 0 atom stereocenters. The molecule has 6 nitrogen and oxygen atoms in total. The predicted molar refractivity (Wildman–Crippen MR) is 77.2 cm³/mol. The normalized spacial score (nSPS) is 14.8. The number of aromatic hydroxyl groups is 1. The van der Waals surface area contributed by atoms with Gasteiger partial charge >= 0.3 is 0 Å². The molecule has 1 fully saturated rings. The van der Waals surface area contributed by atoms with Gasteiger partial charge in [0.1, 0.15) is 5.75 Å². The third kappa shape index (κ3) is 4.19. The first-order valence-electron chi connectivity index (χ1n) is 7.01. The lowest BCUT2D eigenvalue weighted by molar-refractivity contribution is -0.135. The molecule has 1 aliphatic heterocycles. The van der Waals surface area contributed by atoms with Crippen LogP contribution in [0.1, 0.15) is 22.3 Å². The number of ether oxygens (including phenoxy) is 1. The van der Waals surface area contributed by atoms with Gasteiger partial charge in [-0.15, -0.1) is 0 Å². The van der Waals surface area contributed by atoms with E-state index >= 15 is 0 Å². The topological polar surface area (TPSA) is 78.9 Å². The van der Waals surface area contributed by atoms with Gasteiger partial charge in [-0.2, -0.15) is 0 Å². The van der Waals surface area contributed by atoms with Gasteiger partial charge in [-0.1, -0.05) is 6.07 Å².